The van der Waals surface area contributed by atoms with Crippen molar-refractivity contribution in [3.63, 3.8) is 0 Å². The Morgan fingerprint density at radius 1 is 1.21 bits per heavy atom. The fourth-order valence-corrected chi connectivity index (χ4v) is 3.05. The van der Waals surface area contributed by atoms with Crippen molar-refractivity contribution in [1.29, 1.82) is 0 Å². The Labute approximate surface area is 115 Å². The highest BCUT2D eigenvalue weighted by molar-refractivity contribution is 5.89. The molecular weight excluding hydrogens is 240 g/mol. The second-order valence-corrected chi connectivity index (χ2v) is 5.88. The van der Waals surface area contributed by atoms with Crippen molar-refractivity contribution < 1.29 is 9.59 Å². The maximum atomic E-state index is 12.3. The number of carbonyl (C=O) groups excluding carboxylic acids is 2. The fourth-order valence-electron chi connectivity index (χ4n) is 3.05. The van der Waals surface area contributed by atoms with Gasteiger partial charge in [-0.3, -0.25) is 9.59 Å². The average Bonchev–Trinajstić information content (AvgIpc) is 2.40. The zero-order valence-electron chi connectivity index (χ0n) is 11.7. The molecule has 1 heterocycles. The lowest BCUT2D eigenvalue weighted by Gasteiger charge is -2.36. The van der Waals surface area contributed by atoms with Gasteiger partial charge in [0.05, 0.1) is 5.92 Å². The largest absolute Gasteiger partial charge is 0.369 e. The third-order valence-electron chi connectivity index (χ3n) is 4.39. The van der Waals surface area contributed by atoms with E-state index in [1.165, 1.54) is 24.8 Å². The van der Waals surface area contributed by atoms with Gasteiger partial charge in [-0.15, -0.1) is 0 Å². The van der Waals surface area contributed by atoms with E-state index in [0.717, 1.165) is 25.7 Å². The number of hydrogen-bond donors (Lipinski definition) is 1. The maximum Gasteiger partial charge on any atom is 0.246 e. The first kappa shape index (κ1) is 14.1. The molecule has 1 saturated heterocycles. The number of likely N-dealkylation sites (tertiary alicyclic amines) is 1. The van der Waals surface area contributed by atoms with Crippen LogP contribution in [-0.2, 0) is 9.59 Å². The van der Waals surface area contributed by atoms with Gasteiger partial charge in [0, 0.05) is 18.7 Å². The zero-order chi connectivity index (χ0) is 13.8. The van der Waals surface area contributed by atoms with Crippen LogP contribution in [0.5, 0.6) is 0 Å². The lowest BCUT2D eigenvalue weighted by atomic mass is 9.91. The van der Waals surface area contributed by atoms with Crippen molar-refractivity contribution in [2.75, 3.05) is 6.54 Å². The third-order valence-corrected chi connectivity index (χ3v) is 4.39. The minimum absolute atomic E-state index is 0.0651. The van der Waals surface area contributed by atoms with Gasteiger partial charge < -0.3 is 10.6 Å². The summed E-state index contributed by atoms with van der Waals surface area (Å²) >= 11 is 0. The Morgan fingerprint density at radius 2 is 1.89 bits per heavy atom. The van der Waals surface area contributed by atoms with Crippen LogP contribution in [0.15, 0.2) is 11.6 Å². The summed E-state index contributed by atoms with van der Waals surface area (Å²) in [5.41, 5.74) is 6.64. The van der Waals surface area contributed by atoms with E-state index in [4.69, 9.17) is 5.73 Å². The minimum Gasteiger partial charge on any atom is -0.369 e. The van der Waals surface area contributed by atoms with Crippen molar-refractivity contribution in [3.8, 4) is 0 Å². The standard InChI is InChI=1S/C15H24N2O2/c1-11-7-8-13(15(16)19)10-17(11)14(18)9-12-5-3-2-4-6-12/h9,11,13H,2-8,10H2,1H3,(H2,16,19)/t11-,13-/m1/s1. The summed E-state index contributed by atoms with van der Waals surface area (Å²) in [5.74, 6) is -0.393. The van der Waals surface area contributed by atoms with Crippen LogP contribution in [0.1, 0.15) is 51.9 Å². The zero-order valence-corrected chi connectivity index (χ0v) is 11.7. The Hall–Kier alpha value is -1.32. The highest BCUT2D eigenvalue weighted by Crippen LogP contribution is 2.25. The first-order valence-electron chi connectivity index (χ1n) is 7.37. The summed E-state index contributed by atoms with van der Waals surface area (Å²) in [4.78, 5) is 25.5. The molecule has 2 fully saturated rings. The van der Waals surface area contributed by atoms with Crippen molar-refractivity contribution in [1.82, 2.24) is 4.90 Å². The van der Waals surface area contributed by atoms with E-state index >= 15 is 0 Å². The molecule has 0 spiro atoms. The van der Waals surface area contributed by atoms with Crippen LogP contribution in [0, 0.1) is 5.92 Å². The number of allylic oxidation sites excluding steroid dienone is 1. The number of primary amides is 1. The number of piperidine rings is 1. The second-order valence-electron chi connectivity index (χ2n) is 5.88. The van der Waals surface area contributed by atoms with Crippen LogP contribution in [0.3, 0.4) is 0 Å². The van der Waals surface area contributed by atoms with Crippen LogP contribution in [0.4, 0.5) is 0 Å². The van der Waals surface area contributed by atoms with Gasteiger partial charge in [0.2, 0.25) is 11.8 Å². The fraction of sp³-hybridized carbons (Fsp3) is 0.733. The number of carbonyl (C=O) groups is 2. The van der Waals surface area contributed by atoms with Gasteiger partial charge in [-0.2, -0.15) is 0 Å². The molecule has 0 bridgehead atoms. The third kappa shape index (κ3) is 3.58. The van der Waals surface area contributed by atoms with E-state index in [1.807, 2.05) is 4.90 Å². The van der Waals surface area contributed by atoms with Crippen LogP contribution >= 0.6 is 0 Å². The Morgan fingerprint density at radius 3 is 2.53 bits per heavy atom. The molecule has 4 heteroatoms. The Bertz CT molecular complexity index is 382. The van der Waals surface area contributed by atoms with Crippen molar-refractivity contribution in [2.24, 2.45) is 11.7 Å². The van der Waals surface area contributed by atoms with Crippen LogP contribution in [-0.4, -0.2) is 29.3 Å². The maximum absolute atomic E-state index is 12.3. The number of hydrogen-bond acceptors (Lipinski definition) is 2. The Kier molecular flexibility index (Phi) is 4.61. The number of nitrogens with zero attached hydrogens (tertiary/aromatic N) is 1. The molecule has 0 aromatic carbocycles. The van der Waals surface area contributed by atoms with Gasteiger partial charge in [0.15, 0.2) is 0 Å². The molecule has 19 heavy (non-hydrogen) atoms. The van der Waals surface area contributed by atoms with E-state index in [0.29, 0.717) is 6.54 Å². The van der Waals surface area contributed by atoms with E-state index in [9.17, 15) is 9.59 Å². The highest BCUT2D eigenvalue weighted by Gasteiger charge is 2.30. The molecule has 106 valence electrons. The van der Waals surface area contributed by atoms with Gasteiger partial charge in [0.25, 0.3) is 0 Å². The molecule has 0 radical (unpaired) electrons. The predicted octanol–water partition coefficient (Wildman–Crippen LogP) is 1.99. The summed E-state index contributed by atoms with van der Waals surface area (Å²) in [6.45, 7) is 2.54. The van der Waals surface area contributed by atoms with E-state index in [1.54, 1.807) is 6.08 Å². The minimum atomic E-state index is -0.282. The molecule has 2 atom stereocenters. The van der Waals surface area contributed by atoms with E-state index < -0.39 is 0 Å². The molecule has 0 aromatic rings. The van der Waals surface area contributed by atoms with Gasteiger partial charge in [-0.05, 0) is 45.4 Å². The van der Waals surface area contributed by atoms with Gasteiger partial charge >= 0.3 is 0 Å². The smallest absolute Gasteiger partial charge is 0.246 e. The van der Waals surface area contributed by atoms with E-state index in [-0.39, 0.29) is 23.8 Å². The molecule has 2 amide bonds. The summed E-state index contributed by atoms with van der Waals surface area (Å²) < 4.78 is 0. The molecule has 4 nitrogen and oxygen atoms in total. The van der Waals surface area contributed by atoms with Crippen molar-refractivity contribution in [3.05, 3.63) is 11.6 Å². The van der Waals surface area contributed by atoms with Crippen LogP contribution < -0.4 is 5.73 Å². The number of nitrogens with two attached hydrogens (primary N) is 1. The summed E-state index contributed by atoms with van der Waals surface area (Å²) in [6.07, 6.45) is 9.23. The second kappa shape index (κ2) is 6.22. The lowest BCUT2D eigenvalue weighted by molar-refractivity contribution is -0.133. The first-order valence-corrected chi connectivity index (χ1v) is 7.37. The van der Waals surface area contributed by atoms with Crippen molar-refractivity contribution >= 4 is 11.8 Å². The molecule has 2 aliphatic rings. The molecule has 0 unspecified atom stereocenters. The normalized spacial score (nSPS) is 28.1. The highest BCUT2D eigenvalue weighted by atomic mass is 16.2. The molecule has 1 aliphatic carbocycles. The van der Waals surface area contributed by atoms with Gasteiger partial charge in [0.1, 0.15) is 0 Å². The number of amides is 2. The van der Waals surface area contributed by atoms with Crippen LogP contribution in [0.25, 0.3) is 0 Å². The molecule has 2 N–H and O–H groups in total. The SMILES string of the molecule is C[C@@H]1CC[C@@H](C(N)=O)CN1C(=O)C=C1CCCCC1. The summed E-state index contributed by atoms with van der Waals surface area (Å²) in [7, 11) is 0. The summed E-state index contributed by atoms with van der Waals surface area (Å²) in [6, 6.07) is 0.212. The first-order chi connectivity index (χ1) is 9.08. The van der Waals surface area contributed by atoms with Gasteiger partial charge in [-0.1, -0.05) is 12.0 Å². The molecule has 1 aliphatic heterocycles. The van der Waals surface area contributed by atoms with E-state index in [2.05, 4.69) is 6.92 Å². The lowest BCUT2D eigenvalue weighted by Crippen LogP contribution is -2.48. The molecule has 0 aromatic heterocycles. The molecule has 1 saturated carbocycles. The molecular formula is C15H24N2O2. The average molecular weight is 264 g/mol. The number of rotatable bonds is 2. The topological polar surface area (TPSA) is 63.4 Å². The summed E-state index contributed by atoms with van der Waals surface area (Å²) in [5, 5.41) is 0. The predicted molar refractivity (Wildman–Crippen MR) is 74.3 cm³/mol. The quantitative estimate of drug-likeness (QED) is 0.775. The van der Waals surface area contributed by atoms with Crippen molar-refractivity contribution in [2.45, 2.75) is 57.9 Å². The van der Waals surface area contributed by atoms with Crippen LogP contribution in [0.2, 0.25) is 0 Å². The van der Waals surface area contributed by atoms with Gasteiger partial charge in [-0.25, -0.2) is 0 Å². The monoisotopic (exact) mass is 264 g/mol. The Balaban J connectivity index is 2.01. The molecule has 2 rings (SSSR count).